The number of primary amides is 1. The van der Waals surface area contributed by atoms with Crippen LogP contribution < -0.4 is 11.1 Å². The first-order chi connectivity index (χ1) is 13.5. The molecule has 3 rings (SSSR count). The van der Waals surface area contributed by atoms with Crippen LogP contribution >= 0.6 is 11.8 Å². The Hall–Kier alpha value is -3.06. The Balaban J connectivity index is 1.96. The second kappa shape index (κ2) is 8.75. The van der Waals surface area contributed by atoms with Crippen molar-refractivity contribution in [3.8, 4) is 16.9 Å². The molecule has 1 heterocycles. The van der Waals surface area contributed by atoms with E-state index < -0.39 is 11.9 Å². The Morgan fingerprint density at radius 3 is 2.39 bits per heavy atom. The molecule has 7 heteroatoms. The molecule has 0 aliphatic heterocycles. The molecular weight excluding hydrogens is 372 g/mol. The van der Waals surface area contributed by atoms with Crippen LogP contribution in [0.3, 0.4) is 0 Å². The minimum atomic E-state index is -0.835. The van der Waals surface area contributed by atoms with Crippen molar-refractivity contribution in [2.75, 3.05) is 5.75 Å². The molecule has 0 saturated heterocycles. The Labute approximate surface area is 168 Å². The number of aryl methyl sites for hydroxylation is 2. The molecule has 3 N–H and O–H groups in total. The molecular formula is C21H22N4O2S. The van der Waals surface area contributed by atoms with Gasteiger partial charge in [-0.1, -0.05) is 60.3 Å². The van der Waals surface area contributed by atoms with Gasteiger partial charge in [-0.2, -0.15) is 0 Å². The van der Waals surface area contributed by atoms with E-state index in [1.807, 2.05) is 30.5 Å². The van der Waals surface area contributed by atoms with Gasteiger partial charge in [-0.3, -0.25) is 14.7 Å². The largest absolute Gasteiger partial charge is 0.351 e. The third-order valence-electron chi connectivity index (χ3n) is 4.29. The molecule has 0 radical (unpaired) electrons. The summed E-state index contributed by atoms with van der Waals surface area (Å²) in [6, 6.07) is 15.4. The number of aromatic nitrogens is 2. The standard InChI is InChI=1S/C21H22N4O2S/c1-14-7-6-8-15(2)19(14)25-17(16-9-4-3-5-10-16)13-23-21(25)28-12-11-18(26)24-20(22)27/h3-10,13H,11-12H2,1-2H3,(H3,22,24,26,27). The van der Waals surface area contributed by atoms with E-state index in [0.717, 1.165) is 33.2 Å². The second-order valence-corrected chi connectivity index (χ2v) is 7.44. The summed E-state index contributed by atoms with van der Waals surface area (Å²) < 4.78 is 2.14. The van der Waals surface area contributed by atoms with Gasteiger partial charge in [0.25, 0.3) is 0 Å². The number of carbonyl (C=O) groups excluding carboxylic acids is 2. The van der Waals surface area contributed by atoms with Gasteiger partial charge in [0.2, 0.25) is 5.91 Å². The maximum Gasteiger partial charge on any atom is 0.318 e. The first kappa shape index (κ1) is 19.7. The first-order valence-corrected chi connectivity index (χ1v) is 9.87. The van der Waals surface area contributed by atoms with Crippen LogP contribution in [0.1, 0.15) is 17.5 Å². The van der Waals surface area contributed by atoms with Gasteiger partial charge in [0.05, 0.1) is 17.6 Å². The number of hydrogen-bond acceptors (Lipinski definition) is 4. The summed E-state index contributed by atoms with van der Waals surface area (Å²) in [7, 11) is 0. The zero-order chi connectivity index (χ0) is 20.1. The van der Waals surface area contributed by atoms with Crippen LogP contribution in [0.4, 0.5) is 4.79 Å². The SMILES string of the molecule is Cc1cccc(C)c1-n1c(-c2ccccc2)cnc1SCCC(=O)NC(N)=O. The van der Waals surface area contributed by atoms with Gasteiger partial charge in [-0.05, 0) is 25.0 Å². The fourth-order valence-electron chi connectivity index (χ4n) is 3.06. The van der Waals surface area contributed by atoms with Gasteiger partial charge in [0.15, 0.2) is 5.16 Å². The van der Waals surface area contributed by atoms with Crippen molar-refractivity contribution in [3.63, 3.8) is 0 Å². The van der Waals surface area contributed by atoms with E-state index in [4.69, 9.17) is 5.73 Å². The summed E-state index contributed by atoms with van der Waals surface area (Å²) in [5.41, 5.74) is 10.4. The van der Waals surface area contributed by atoms with E-state index in [-0.39, 0.29) is 6.42 Å². The number of urea groups is 1. The lowest BCUT2D eigenvalue weighted by Gasteiger charge is -2.17. The summed E-state index contributed by atoms with van der Waals surface area (Å²) in [6.07, 6.45) is 2.03. The highest BCUT2D eigenvalue weighted by molar-refractivity contribution is 7.99. The summed E-state index contributed by atoms with van der Waals surface area (Å²) in [6.45, 7) is 4.15. The number of carbonyl (C=O) groups is 2. The average molecular weight is 395 g/mol. The summed E-state index contributed by atoms with van der Waals surface area (Å²) in [4.78, 5) is 27.1. The van der Waals surface area contributed by atoms with E-state index >= 15 is 0 Å². The zero-order valence-corrected chi connectivity index (χ0v) is 16.6. The number of nitrogens with two attached hydrogens (primary N) is 1. The van der Waals surface area contributed by atoms with Crippen LogP contribution in [0.2, 0.25) is 0 Å². The Kier molecular flexibility index (Phi) is 6.16. The van der Waals surface area contributed by atoms with Gasteiger partial charge in [0.1, 0.15) is 0 Å². The van der Waals surface area contributed by atoms with Crippen LogP contribution in [0.15, 0.2) is 59.9 Å². The van der Waals surface area contributed by atoms with Crippen molar-refractivity contribution in [1.29, 1.82) is 0 Å². The second-order valence-electron chi connectivity index (χ2n) is 6.38. The molecule has 0 saturated carbocycles. The fourth-order valence-corrected chi connectivity index (χ4v) is 3.97. The molecule has 0 bridgehead atoms. The fraction of sp³-hybridized carbons (Fsp3) is 0.190. The van der Waals surface area contributed by atoms with Crippen LogP contribution in [0.25, 0.3) is 16.9 Å². The number of benzene rings is 2. The number of thioether (sulfide) groups is 1. The minimum absolute atomic E-state index is 0.174. The lowest BCUT2D eigenvalue weighted by atomic mass is 10.1. The number of nitrogens with one attached hydrogen (secondary N) is 1. The molecule has 3 amide bonds. The molecule has 0 aliphatic rings. The van der Waals surface area contributed by atoms with Gasteiger partial charge in [-0.15, -0.1) is 0 Å². The van der Waals surface area contributed by atoms with Crippen LogP contribution in [0, 0.1) is 13.8 Å². The summed E-state index contributed by atoms with van der Waals surface area (Å²) in [5.74, 6) is 0.0865. The smallest absolute Gasteiger partial charge is 0.318 e. The quantitative estimate of drug-likeness (QED) is 0.622. The number of amides is 3. The molecule has 0 fully saturated rings. The predicted molar refractivity (Wildman–Crippen MR) is 112 cm³/mol. The highest BCUT2D eigenvalue weighted by Gasteiger charge is 2.17. The Morgan fingerprint density at radius 2 is 1.75 bits per heavy atom. The number of imide groups is 1. The summed E-state index contributed by atoms with van der Waals surface area (Å²) in [5, 5.41) is 2.88. The minimum Gasteiger partial charge on any atom is -0.351 e. The normalized spacial score (nSPS) is 10.6. The molecule has 0 spiro atoms. The average Bonchev–Trinajstić information content (AvgIpc) is 3.05. The van der Waals surface area contributed by atoms with Crippen molar-refractivity contribution < 1.29 is 9.59 Å². The molecule has 28 heavy (non-hydrogen) atoms. The van der Waals surface area contributed by atoms with Gasteiger partial charge in [0, 0.05) is 17.7 Å². The van der Waals surface area contributed by atoms with E-state index in [0.29, 0.717) is 5.75 Å². The molecule has 1 aromatic heterocycles. The predicted octanol–water partition coefficient (Wildman–Crippen LogP) is 3.83. The maximum absolute atomic E-state index is 11.7. The number of rotatable bonds is 6. The third kappa shape index (κ3) is 4.43. The topological polar surface area (TPSA) is 90.0 Å². The Morgan fingerprint density at radius 1 is 1.07 bits per heavy atom. The maximum atomic E-state index is 11.7. The van der Waals surface area contributed by atoms with Crippen molar-refractivity contribution in [2.24, 2.45) is 5.73 Å². The van der Waals surface area contributed by atoms with Crippen molar-refractivity contribution in [3.05, 3.63) is 65.9 Å². The van der Waals surface area contributed by atoms with Gasteiger partial charge < -0.3 is 5.73 Å². The van der Waals surface area contributed by atoms with E-state index in [2.05, 4.69) is 53.0 Å². The number of para-hydroxylation sites is 1. The number of nitrogens with zero attached hydrogens (tertiary/aromatic N) is 2. The van der Waals surface area contributed by atoms with Crippen LogP contribution in [-0.2, 0) is 4.79 Å². The molecule has 3 aromatic rings. The highest BCUT2D eigenvalue weighted by Crippen LogP contribution is 2.32. The van der Waals surface area contributed by atoms with Crippen molar-refractivity contribution >= 4 is 23.7 Å². The van der Waals surface area contributed by atoms with Crippen LogP contribution in [0.5, 0.6) is 0 Å². The van der Waals surface area contributed by atoms with Crippen molar-refractivity contribution in [2.45, 2.75) is 25.4 Å². The molecule has 6 nitrogen and oxygen atoms in total. The van der Waals surface area contributed by atoms with Crippen molar-refractivity contribution in [1.82, 2.24) is 14.9 Å². The number of imidazole rings is 1. The third-order valence-corrected chi connectivity index (χ3v) is 5.24. The molecule has 0 aliphatic carbocycles. The lowest BCUT2D eigenvalue weighted by Crippen LogP contribution is -2.35. The number of hydrogen-bond donors (Lipinski definition) is 2. The van der Waals surface area contributed by atoms with Gasteiger partial charge >= 0.3 is 6.03 Å². The molecule has 0 atom stereocenters. The zero-order valence-electron chi connectivity index (χ0n) is 15.8. The summed E-state index contributed by atoms with van der Waals surface area (Å²) >= 11 is 1.47. The lowest BCUT2D eigenvalue weighted by molar-refractivity contribution is -0.119. The van der Waals surface area contributed by atoms with E-state index in [1.54, 1.807) is 0 Å². The molecule has 2 aromatic carbocycles. The van der Waals surface area contributed by atoms with Crippen LogP contribution in [-0.4, -0.2) is 27.2 Å². The molecule has 144 valence electrons. The Bertz CT molecular complexity index is 979. The van der Waals surface area contributed by atoms with E-state index in [9.17, 15) is 9.59 Å². The highest BCUT2D eigenvalue weighted by atomic mass is 32.2. The first-order valence-electron chi connectivity index (χ1n) is 8.89. The monoisotopic (exact) mass is 394 g/mol. The molecule has 0 unspecified atom stereocenters. The van der Waals surface area contributed by atoms with E-state index in [1.165, 1.54) is 11.8 Å². The van der Waals surface area contributed by atoms with Gasteiger partial charge in [-0.25, -0.2) is 9.78 Å².